The summed E-state index contributed by atoms with van der Waals surface area (Å²) in [5.74, 6) is 1.37. The molecule has 100 valence electrons. The van der Waals surface area contributed by atoms with Gasteiger partial charge in [-0.2, -0.15) is 11.8 Å². The molecule has 0 atom stereocenters. The van der Waals surface area contributed by atoms with E-state index < -0.39 is 5.91 Å². The molecule has 0 aliphatic heterocycles. The predicted octanol–water partition coefficient (Wildman–Crippen LogP) is 2.13. The van der Waals surface area contributed by atoms with Crippen LogP contribution in [0.5, 0.6) is 0 Å². The average molecular weight is 275 g/mol. The van der Waals surface area contributed by atoms with E-state index >= 15 is 0 Å². The van der Waals surface area contributed by atoms with E-state index in [0.29, 0.717) is 5.56 Å². The first-order chi connectivity index (χ1) is 9.13. The van der Waals surface area contributed by atoms with Gasteiger partial charge in [0.25, 0.3) is 0 Å². The number of rotatable bonds is 5. The summed E-state index contributed by atoms with van der Waals surface area (Å²) in [6.07, 6.45) is 2.07. The summed E-state index contributed by atoms with van der Waals surface area (Å²) in [7, 11) is 1.97. The Morgan fingerprint density at radius 2 is 2.16 bits per heavy atom. The van der Waals surface area contributed by atoms with E-state index in [9.17, 15) is 4.79 Å². The minimum Gasteiger partial charge on any atom is -0.366 e. The van der Waals surface area contributed by atoms with Crippen LogP contribution in [0.25, 0.3) is 10.9 Å². The van der Waals surface area contributed by atoms with Crippen LogP contribution in [0.15, 0.2) is 30.3 Å². The number of carbonyl (C=O) groups excluding carboxylic acids is 1. The lowest BCUT2D eigenvalue weighted by molar-refractivity contribution is 0.100. The van der Waals surface area contributed by atoms with Crippen LogP contribution in [-0.2, 0) is 0 Å². The van der Waals surface area contributed by atoms with Crippen molar-refractivity contribution in [1.82, 2.24) is 4.98 Å². The smallest absolute Gasteiger partial charge is 0.249 e. The van der Waals surface area contributed by atoms with E-state index in [-0.39, 0.29) is 0 Å². The molecule has 0 spiro atoms. The topological polar surface area (TPSA) is 59.2 Å². The highest BCUT2D eigenvalue weighted by atomic mass is 32.2. The van der Waals surface area contributed by atoms with Gasteiger partial charge in [0.1, 0.15) is 5.82 Å². The van der Waals surface area contributed by atoms with E-state index in [4.69, 9.17) is 5.73 Å². The maximum absolute atomic E-state index is 11.6. The third kappa shape index (κ3) is 2.98. The van der Waals surface area contributed by atoms with Crippen LogP contribution in [0.3, 0.4) is 0 Å². The molecule has 1 aromatic carbocycles. The summed E-state index contributed by atoms with van der Waals surface area (Å²) in [5, 5.41) is 0.803. The molecule has 2 rings (SSSR count). The monoisotopic (exact) mass is 275 g/mol. The number of benzene rings is 1. The zero-order chi connectivity index (χ0) is 13.8. The molecule has 5 heteroatoms. The fourth-order valence-corrected chi connectivity index (χ4v) is 2.36. The summed E-state index contributed by atoms with van der Waals surface area (Å²) in [4.78, 5) is 18.2. The number of nitrogens with zero attached hydrogens (tertiary/aromatic N) is 2. The number of hydrogen-bond acceptors (Lipinski definition) is 4. The molecule has 19 heavy (non-hydrogen) atoms. The fourth-order valence-electron chi connectivity index (χ4n) is 1.90. The largest absolute Gasteiger partial charge is 0.366 e. The standard InChI is InChI=1S/C14H17N3OS/c1-17(7-8-19-2)13-9-11(14(15)18)10-5-3-4-6-12(10)16-13/h3-6,9H,7-8H2,1-2H3,(H2,15,18). The van der Waals surface area contributed by atoms with Gasteiger partial charge < -0.3 is 10.6 Å². The number of nitrogens with two attached hydrogens (primary N) is 1. The number of thioether (sulfide) groups is 1. The molecule has 0 fully saturated rings. The maximum atomic E-state index is 11.6. The quantitative estimate of drug-likeness (QED) is 0.908. The van der Waals surface area contributed by atoms with Gasteiger partial charge in [0.05, 0.1) is 11.1 Å². The van der Waals surface area contributed by atoms with Gasteiger partial charge in [0.2, 0.25) is 5.91 Å². The maximum Gasteiger partial charge on any atom is 0.249 e. The predicted molar refractivity (Wildman–Crippen MR) is 81.9 cm³/mol. The number of hydrogen-bond donors (Lipinski definition) is 1. The van der Waals surface area contributed by atoms with Crippen LogP contribution < -0.4 is 10.6 Å². The lowest BCUT2D eigenvalue weighted by Crippen LogP contribution is -2.22. The Kier molecular flexibility index (Phi) is 4.27. The van der Waals surface area contributed by atoms with Gasteiger partial charge in [0, 0.05) is 24.7 Å². The molecule has 0 bridgehead atoms. The second kappa shape index (κ2) is 5.93. The molecule has 0 saturated heterocycles. The van der Waals surface area contributed by atoms with Gasteiger partial charge in [-0.15, -0.1) is 0 Å². The van der Waals surface area contributed by atoms with Crippen LogP contribution in [0.2, 0.25) is 0 Å². The zero-order valence-corrected chi connectivity index (χ0v) is 11.9. The van der Waals surface area contributed by atoms with Crippen molar-refractivity contribution in [1.29, 1.82) is 0 Å². The Balaban J connectivity index is 2.49. The number of para-hydroxylation sites is 1. The normalized spacial score (nSPS) is 10.6. The summed E-state index contributed by atoms with van der Waals surface area (Å²) >= 11 is 1.78. The number of amides is 1. The third-order valence-electron chi connectivity index (χ3n) is 2.99. The number of primary amides is 1. The number of anilines is 1. The molecule has 0 unspecified atom stereocenters. The van der Waals surface area contributed by atoms with Crippen molar-refractivity contribution in [2.24, 2.45) is 5.73 Å². The van der Waals surface area contributed by atoms with Crippen LogP contribution in [0, 0.1) is 0 Å². The van der Waals surface area contributed by atoms with Crippen molar-refractivity contribution in [3.63, 3.8) is 0 Å². The first-order valence-corrected chi connectivity index (χ1v) is 7.42. The Morgan fingerprint density at radius 3 is 2.84 bits per heavy atom. The van der Waals surface area contributed by atoms with Gasteiger partial charge in [0.15, 0.2) is 0 Å². The van der Waals surface area contributed by atoms with Crippen molar-refractivity contribution in [3.8, 4) is 0 Å². The number of pyridine rings is 1. The molecule has 0 aliphatic rings. The zero-order valence-electron chi connectivity index (χ0n) is 11.1. The molecule has 2 N–H and O–H groups in total. The molecule has 0 saturated carbocycles. The van der Waals surface area contributed by atoms with Crippen molar-refractivity contribution in [2.45, 2.75) is 0 Å². The highest BCUT2D eigenvalue weighted by molar-refractivity contribution is 7.98. The Labute approximate surface area is 117 Å². The highest BCUT2D eigenvalue weighted by Gasteiger charge is 2.12. The van der Waals surface area contributed by atoms with Gasteiger partial charge in [-0.3, -0.25) is 4.79 Å². The number of carbonyl (C=O) groups is 1. The van der Waals surface area contributed by atoms with E-state index in [2.05, 4.69) is 11.2 Å². The summed E-state index contributed by atoms with van der Waals surface area (Å²) < 4.78 is 0. The number of aromatic nitrogens is 1. The Morgan fingerprint density at radius 1 is 1.42 bits per heavy atom. The molecular weight excluding hydrogens is 258 g/mol. The van der Waals surface area contributed by atoms with Crippen LogP contribution in [0.1, 0.15) is 10.4 Å². The van der Waals surface area contributed by atoms with Crippen LogP contribution >= 0.6 is 11.8 Å². The SMILES string of the molecule is CSCCN(C)c1cc(C(N)=O)c2ccccc2n1. The van der Waals surface area contributed by atoms with E-state index in [1.807, 2.05) is 36.2 Å². The second-order valence-corrected chi connectivity index (χ2v) is 5.31. The minimum absolute atomic E-state index is 0.418. The van der Waals surface area contributed by atoms with E-state index in [0.717, 1.165) is 29.0 Å². The third-order valence-corrected chi connectivity index (χ3v) is 3.58. The molecule has 1 aromatic heterocycles. The van der Waals surface area contributed by atoms with Crippen LogP contribution in [0.4, 0.5) is 5.82 Å². The van der Waals surface area contributed by atoms with Crippen molar-refractivity contribution in [2.75, 3.05) is 30.5 Å². The number of fused-ring (bicyclic) bond motifs is 1. The summed E-state index contributed by atoms with van der Waals surface area (Å²) in [6.45, 7) is 0.880. The van der Waals surface area contributed by atoms with Crippen molar-refractivity contribution in [3.05, 3.63) is 35.9 Å². The summed E-state index contributed by atoms with van der Waals surface area (Å²) in [5.41, 5.74) is 6.78. The fraction of sp³-hybridized carbons (Fsp3) is 0.286. The van der Waals surface area contributed by atoms with Crippen LogP contribution in [-0.4, -0.2) is 36.5 Å². The lowest BCUT2D eigenvalue weighted by atomic mass is 10.1. The molecule has 0 radical (unpaired) electrons. The minimum atomic E-state index is -0.418. The lowest BCUT2D eigenvalue weighted by Gasteiger charge is -2.19. The average Bonchev–Trinajstić information content (AvgIpc) is 2.43. The second-order valence-electron chi connectivity index (χ2n) is 4.32. The van der Waals surface area contributed by atoms with Gasteiger partial charge in [-0.1, -0.05) is 18.2 Å². The van der Waals surface area contributed by atoms with Gasteiger partial charge >= 0.3 is 0 Å². The van der Waals surface area contributed by atoms with E-state index in [1.54, 1.807) is 17.8 Å². The molecule has 4 nitrogen and oxygen atoms in total. The molecule has 2 aromatic rings. The Bertz CT molecular complexity index is 600. The summed E-state index contributed by atoms with van der Waals surface area (Å²) in [6, 6.07) is 9.33. The van der Waals surface area contributed by atoms with Crippen molar-refractivity contribution >= 4 is 34.4 Å². The Hall–Kier alpha value is -1.75. The van der Waals surface area contributed by atoms with E-state index in [1.165, 1.54) is 0 Å². The first kappa shape index (κ1) is 13.7. The molecular formula is C14H17N3OS. The highest BCUT2D eigenvalue weighted by Crippen LogP contribution is 2.22. The van der Waals surface area contributed by atoms with Gasteiger partial charge in [-0.05, 0) is 18.4 Å². The van der Waals surface area contributed by atoms with Gasteiger partial charge in [-0.25, -0.2) is 4.98 Å². The van der Waals surface area contributed by atoms with Crippen molar-refractivity contribution < 1.29 is 4.79 Å². The molecule has 1 heterocycles. The molecule has 1 amide bonds. The first-order valence-electron chi connectivity index (χ1n) is 6.03. The molecule has 0 aliphatic carbocycles.